The second-order valence-electron chi connectivity index (χ2n) is 6.64. The van der Waals surface area contributed by atoms with Crippen LogP contribution in [-0.4, -0.2) is 41.1 Å². The average Bonchev–Trinajstić information content (AvgIpc) is 2.93. The van der Waals surface area contributed by atoms with Crippen LogP contribution in [0.1, 0.15) is 50.5 Å². The van der Waals surface area contributed by atoms with Crippen molar-refractivity contribution in [1.29, 1.82) is 0 Å². The first kappa shape index (κ1) is 21.2. The summed E-state index contributed by atoms with van der Waals surface area (Å²) in [5.74, 6) is -1.53. The van der Waals surface area contributed by atoms with Gasteiger partial charge in [-0.15, -0.1) is 0 Å². The molecular weight excluding hydrogens is 362 g/mol. The third-order valence-electron chi connectivity index (χ3n) is 4.57. The van der Waals surface area contributed by atoms with Crippen molar-refractivity contribution in [3.63, 3.8) is 0 Å². The molecule has 1 N–H and O–H groups in total. The quantitative estimate of drug-likeness (QED) is 0.552. The van der Waals surface area contributed by atoms with E-state index in [2.05, 4.69) is 4.74 Å². The number of rotatable bonds is 8. The topological polar surface area (TPSA) is 94.8 Å². The number of carbonyl (C=O) groups excluding carboxylic acids is 3. The van der Waals surface area contributed by atoms with Crippen molar-refractivity contribution >= 4 is 17.7 Å². The lowest BCUT2D eigenvalue weighted by molar-refractivity contribution is -0.140. The van der Waals surface area contributed by atoms with Crippen LogP contribution in [-0.2, 0) is 20.8 Å². The first-order valence-electron chi connectivity index (χ1n) is 8.98. The van der Waals surface area contributed by atoms with Gasteiger partial charge in [-0.2, -0.15) is 0 Å². The van der Waals surface area contributed by atoms with E-state index in [0.717, 1.165) is 17.0 Å². The number of aryl methyl sites for hydroxylation is 2. The minimum absolute atomic E-state index is 0.0201. The summed E-state index contributed by atoms with van der Waals surface area (Å²) in [6, 6.07) is 6.35. The highest BCUT2D eigenvalue weighted by Crippen LogP contribution is 2.20. The summed E-state index contributed by atoms with van der Waals surface area (Å²) >= 11 is 0. The number of esters is 2. The predicted octanol–water partition coefficient (Wildman–Crippen LogP) is 3.11. The number of hydrogen-bond donors (Lipinski definition) is 1. The third-order valence-corrected chi connectivity index (χ3v) is 4.57. The lowest BCUT2D eigenvalue weighted by Gasteiger charge is -2.09. The molecule has 7 heteroatoms. The first-order chi connectivity index (χ1) is 13.2. The van der Waals surface area contributed by atoms with Gasteiger partial charge in [0, 0.05) is 29.9 Å². The Balaban J connectivity index is 2.01. The second kappa shape index (κ2) is 9.21. The van der Waals surface area contributed by atoms with Crippen molar-refractivity contribution in [2.75, 3.05) is 13.7 Å². The Kier molecular flexibility index (Phi) is 6.98. The molecule has 1 heterocycles. The van der Waals surface area contributed by atoms with Crippen LogP contribution >= 0.6 is 0 Å². The fourth-order valence-electron chi connectivity index (χ4n) is 3.01. The number of Topliss-reactive ketones (excluding diaryl/α,β-unsaturated/α-hetero) is 1. The molecule has 2 rings (SSSR count). The van der Waals surface area contributed by atoms with Gasteiger partial charge < -0.3 is 19.1 Å². The van der Waals surface area contributed by atoms with Gasteiger partial charge in [-0.05, 0) is 51.0 Å². The summed E-state index contributed by atoms with van der Waals surface area (Å²) in [6.45, 7) is 5.64. The molecule has 1 aromatic carbocycles. The molecule has 0 aliphatic rings. The molecule has 0 aliphatic carbocycles. The Labute approximate surface area is 163 Å². The number of ketones is 1. The largest absolute Gasteiger partial charge is 0.507 e. The summed E-state index contributed by atoms with van der Waals surface area (Å²) in [6.07, 6.45) is 0.896. The number of ether oxygens (including phenoxy) is 2. The van der Waals surface area contributed by atoms with Gasteiger partial charge in [0.05, 0.1) is 7.11 Å². The van der Waals surface area contributed by atoms with E-state index >= 15 is 0 Å². The summed E-state index contributed by atoms with van der Waals surface area (Å²) in [5, 5.41) is 9.85. The third kappa shape index (κ3) is 5.00. The summed E-state index contributed by atoms with van der Waals surface area (Å²) in [4.78, 5) is 35.9. The second-order valence-corrected chi connectivity index (χ2v) is 6.64. The van der Waals surface area contributed by atoms with Gasteiger partial charge in [0.25, 0.3) is 0 Å². The number of hydrogen-bond acceptors (Lipinski definition) is 6. The van der Waals surface area contributed by atoms with Crippen LogP contribution in [0, 0.1) is 20.8 Å². The van der Waals surface area contributed by atoms with Crippen LogP contribution < -0.4 is 0 Å². The summed E-state index contributed by atoms with van der Waals surface area (Å²) < 4.78 is 11.7. The monoisotopic (exact) mass is 387 g/mol. The maximum Gasteiger partial charge on any atom is 0.342 e. The maximum absolute atomic E-state index is 12.5. The molecule has 0 saturated heterocycles. The van der Waals surface area contributed by atoms with Crippen molar-refractivity contribution in [3.8, 4) is 5.75 Å². The fraction of sp³-hybridized carbons (Fsp3) is 0.381. The number of aromatic hydroxyl groups is 1. The molecule has 0 saturated carbocycles. The zero-order valence-electron chi connectivity index (χ0n) is 16.6. The van der Waals surface area contributed by atoms with Crippen LogP contribution in [0.3, 0.4) is 0 Å². The van der Waals surface area contributed by atoms with Gasteiger partial charge in [0.1, 0.15) is 11.3 Å². The number of aromatic nitrogens is 1. The minimum atomic E-state index is -0.752. The zero-order valence-corrected chi connectivity index (χ0v) is 16.6. The van der Waals surface area contributed by atoms with E-state index in [0.29, 0.717) is 24.9 Å². The van der Waals surface area contributed by atoms with E-state index in [9.17, 15) is 19.5 Å². The van der Waals surface area contributed by atoms with Crippen molar-refractivity contribution in [2.24, 2.45) is 0 Å². The van der Waals surface area contributed by atoms with E-state index in [1.54, 1.807) is 19.1 Å². The number of phenols is 1. The van der Waals surface area contributed by atoms with Gasteiger partial charge in [0.2, 0.25) is 5.78 Å². The van der Waals surface area contributed by atoms with Crippen LogP contribution in [0.4, 0.5) is 0 Å². The molecule has 0 spiro atoms. The van der Waals surface area contributed by atoms with Gasteiger partial charge in [-0.3, -0.25) is 9.59 Å². The lowest BCUT2D eigenvalue weighted by Crippen LogP contribution is -2.15. The maximum atomic E-state index is 12.5. The molecule has 0 atom stereocenters. The molecule has 28 heavy (non-hydrogen) atoms. The van der Waals surface area contributed by atoms with Crippen LogP contribution in [0.5, 0.6) is 5.75 Å². The van der Waals surface area contributed by atoms with Crippen molar-refractivity contribution in [1.82, 2.24) is 4.57 Å². The van der Waals surface area contributed by atoms with E-state index < -0.39 is 12.6 Å². The summed E-state index contributed by atoms with van der Waals surface area (Å²) in [7, 11) is 1.35. The molecule has 7 nitrogen and oxygen atoms in total. The highest BCUT2D eigenvalue weighted by molar-refractivity contribution is 6.01. The number of phenolic OH excluding ortho intramolecular Hbond substituents is 1. The van der Waals surface area contributed by atoms with Crippen LogP contribution in [0.25, 0.3) is 0 Å². The molecule has 0 amide bonds. The van der Waals surface area contributed by atoms with Crippen molar-refractivity contribution in [3.05, 3.63) is 52.3 Å². The number of methoxy groups -OCH3 is 1. The van der Waals surface area contributed by atoms with Crippen molar-refractivity contribution in [2.45, 2.75) is 40.2 Å². The normalized spacial score (nSPS) is 10.6. The molecule has 0 bridgehead atoms. The molecule has 1 aromatic heterocycles. The molecular formula is C21H25NO6. The van der Waals surface area contributed by atoms with Crippen LogP contribution in [0.2, 0.25) is 0 Å². The Morgan fingerprint density at radius 2 is 1.79 bits per heavy atom. The molecule has 0 radical (unpaired) electrons. The Morgan fingerprint density at radius 1 is 1.07 bits per heavy atom. The Morgan fingerprint density at radius 3 is 2.43 bits per heavy atom. The van der Waals surface area contributed by atoms with E-state index in [1.165, 1.54) is 19.2 Å². The van der Waals surface area contributed by atoms with E-state index in [-0.39, 0.29) is 23.1 Å². The first-order valence-corrected chi connectivity index (χ1v) is 8.98. The van der Waals surface area contributed by atoms with Gasteiger partial charge in [0.15, 0.2) is 6.61 Å². The highest BCUT2D eigenvalue weighted by atomic mass is 16.5. The molecule has 150 valence electrons. The fourth-order valence-corrected chi connectivity index (χ4v) is 3.01. The van der Waals surface area contributed by atoms with Crippen molar-refractivity contribution < 1.29 is 29.0 Å². The predicted molar refractivity (Wildman–Crippen MR) is 103 cm³/mol. The Hall–Kier alpha value is -3.09. The number of nitrogens with zero attached hydrogens (tertiary/aromatic N) is 1. The standard InChI is InChI=1S/C21H25NO6/c1-13-7-8-16(18(23)10-13)21(26)28-12-19(24)17-11-14(2)22(15(17)3)9-5-6-20(25)27-4/h7-8,10-11,23H,5-6,9,12H2,1-4H3. The van der Waals surface area contributed by atoms with Gasteiger partial charge in [-0.25, -0.2) is 4.79 Å². The average molecular weight is 387 g/mol. The number of carbonyl (C=O) groups is 3. The molecule has 2 aromatic rings. The van der Waals surface area contributed by atoms with E-state index in [1.807, 2.05) is 18.4 Å². The minimum Gasteiger partial charge on any atom is -0.507 e. The SMILES string of the molecule is COC(=O)CCCn1c(C)cc(C(=O)COC(=O)c2ccc(C)cc2O)c1C. The molecule has 0 unspecified atom stereocenters. The van der Waals surface area contributed by atoms with E-state index in [4.69, 9.17) is 4.74 Å². The lowest BCUT2D eigenvalue weighted by atomic mass is 10.1. The smallest absolute Gasteiger partial charge is 0.342 e. The zero-order chi connectivity index (χ0) is 20.8. The molecule has 0 fully saturated rings. The highest BCUT2D eigenvalue weighted by Gasteiger charge is 2.19. The summed E-state index contributed by atoms with van der Waals surface area (Å²) in [5.41, 5.74) is 2.93. The number of benzene rings is 1. The molecule has 0 aliphatic heterocycles. The van der Waals surface area contributed by atoms with Gasteiger partial charge in [-0.1, -0.05) is 6.07 Å². The van der Waals surface area contributed by atoms with Crippen LogP contribution in [0.15, 0.2) is 24.3 Å². The van der Waals surface area contributed by atoms with Gasteiger partial charge >= 0.3 is 11.9 Å². The Bertz CT molecular complexity index is 897.